The number of rotatable bonds is 2. The summed E-state index contributed by atoms with van der Waals surface area (Å²) in [7, 11) is 0. The Morgan fingerprint density at radius 3 is 2.35 bits per heavy atom. The number of hydrogen-bond donors (Lipinski definition) is 1. The van der Waals surface area contributed by atoms with Gasteiger partial charge >= 0.3 is 0 Å². The fraction of sp³-hybridized carbons (Fsp3) is 0.0714. The lowest BCUT2D eigenvalue weighted by Gasteiger charge is -2.02. The molecule has 0 aromatic heterocycles. The van der Waals surface area contributed by atoms with Crippen molar-refractivity contribution < 1.29 is 5.11 Å². The Morgan fingerprint density at radius 2 is 1.71 bits per heavy atom. The summed E-state index contributed by atoms with van der Waals surface area (Å²) in [6.07, 6.45) is 0. The van der Waals surface area contributed by atoms with Gasteiger partial charge in [-0.15, -0.1) is 0 Å². The predicted molar refractivity (Wildman–Crippen MR) is 71.4 cm³/mol. The molecule has 0 aliphatic rings. The van der Waals surface area contributed by atoms with E-state index in [1.54, 1.807) is 18.2 Å². The predicted octanol–water partition coefficient (Wildman–Crippen LogP) is 4.19. The second-order valence-corrected chi connectivity index (χ2v) is 4.13. The molecule has 2 rings (SSSR count). The summed E-state index contributed by atoms with van der Waals surface area (Å²) in [6.45, 7) is 1.90. The Morgan fingerprint density at radius 1 is 1.06 bits per heavy atom. The molecule has 0 fully saturated rings. The van der Waals surface area contributed by atoms with Gasteiger partial charge in [-0.05, 0) is 36.8 Å². The van der Waals surface area contributed by atoms with Crippen LogP contribution in [-0.4, -0.2) is 10.8 Å². The van der Waals surface area contributed by atoms with Gasteiger partial charge in [0.15, 0.2) is 0 Å². The smallest absolute Gasteiger partial charge is 0.141 e. The van der Waals surface area contributed by atoms with Crippen molar-refractivity contribution in [1.29, 1.82) is 0 Å². The number of nitrogens with zero attached hydrogens (tertiary/aromatic N) is 1. The molecule has 0 atom stereocenters. The molecule has 0 saturated heterocycles. The van der Waals surface area contributed by atoms with Crippen LogP contribution in [0.15, 0.2) is 53.5 Å². The molecule has 1 N–H and O–H groups in total. The zero-order valence-corrected chi connectivity index (χ0v) is 10.1. The quantitative estimate of drug-likeness (QED) is 0.791. The molecule has 0 saturated carbocycles. The molecule has 0 amide bonds. The van der Waals surface area contributed by atoms with Gasteiger partial charge in [-0.25, -0.2) is 4.99 Å². The summed E-state index contributed by atoms with van der Waals surface area (Å²) in [5, 5.41) is 10.3. The van der Waals surface area contributed by atoms with E-state index < -0.39 is 0 Å². The Kier molecular flexibility index (Phi) is 3.45. The van der Waals surface area contributed by atoms with Crippen molar-refractivity contribution in [1.82, 2.24) is 0 Å². The van der Waals surface area contributed by atoms with Crippen LogP contribution in [-0.2, 0) is 0 Å². The van der Waals surface area contributed by atoms with E-state index in [2.05, 4.69) is 4.99 Å². The fourth-order valence-corrected chi connectivity index (χ4v) is 1.62. The van der Waals surface area contributed by atoms with Crippen LogP contribution in [0.3, 0.4) is 0 Å². The highest BCUT2D eigenvalue weighted by molar-refractivity contribution is 6.30. The van der Waals surface area contributed by atoms with E-state index in [1.165, 1.54) is 0 Å². The third kappa shape index (κ3) is 2.86. The molecule has 2 aromatic carbocycles. The van der Waals surface area contributed by atoms with Crippen molar-refractivity contribution >= 4 is 23.0 Å². The zero-order valence-electron chi connectivity index (χ0n) is 9.39. The number of phenols is 1. The van der Waals surface area contributed by atoms with E-state index in [9.17, 15) is 5.11 Å². The number of hydrogen-bond acceptors (Lipinski definition) is 2. The summed E-state index contributed by atoms with van der Waals surface area (Å²) in [4.78, 5) is 4.38. The summed E-state index contributed by atoms with van der Waals surface area (Å²) < 4.78 is 0. The number of halogens is 1. The first kappa shape index (κ1) is 11.7. The van der Waals surface area contributed by atoms with Crippen LogP contribution in [0.1, 0.15) is 12.5 Å². The van der Waals surface area contributed by atoms with E-state index >= 15 is 0 Å². The van der Waals surface area contributed by atoms with E-state index in [0.29, 0.717) is 10.7 Å². The monoisotopic (exact) mass is 245 g/mol. The van der Waals surface area contributed by atoms with Gasteiger partial charge in [0.2, 0.25) is 0 Å². The lowest BCUT2D eigenvalue weighted by atomic mass is 10.1. The van der Waals surface area contributed by atoms with Gasteiger partial charge in [0.25, 0.3) is 0 Å². The molecular formula is C14H12ClNO. The van der Waals surface area contributed by atoms with Crippen molar-refractivity contribution in [2.75, 3.05) is 0 Å². The Bertz CT molecular complexity index is 546. The second-order valence-electron chi connectivity index (χ2n) is 3.69. The summed E-state index contributed by atoms with van der Waals surface area (Å²) in [5.41, 5.74) is 2.39. The Balaban J connectivity index is 2.34. The molecule has 0 heterocycles. The van der Waals surface area contributed by atoms with E-state index in [-0.39, 0.29) is 5.75 Å². The molecule has 0 radical (unpaired) electrons. The topological polar surface area (TPSA) is 32.6 Å². The molecule has 0 unspecified atom stereocenters. The summed E-state index contributed by atoms with van der Waals surface area (Å²) in [6, 6.07) is 14.5. The molecular weight excluding hydrogens is 234 g/mol. The molecule has 0 aliphatic heterocycles. The van der Waals surface area contributed by atoms with E-state index in [0.717, 1.165) is 11.3 Å². The number of phenolic OH excluding ortho intramolecular Hbond substituents is 1. The van der Waals surface area contributed by atoms with Crippen LogP contribution in [0, 0.1) is 0 Å². The minimum absolute atomic E-state index is 0.181. The molecule has 17 heavy (non-hydrogen) atoms. The summed E-state index contributed by atoms with van der Waals surface area (Å²) in [5.74, 6) is 0.181. The lowest BCUT2D eigenvalue weighted by molar-refractivity contribution is 0.477. The summed E-state index contributed by atoms with van der Waals surface area (Å²) >= 11 is 5.82. The van der Waals surface area contributed by atoms with E-state index in [4.69, 9.17) is 11.6 Å². The van der Waals surface area contributed by atoms with Gasteiger partial charge in [-0.2, -0.15) is 0 Å². The molecule has 0 spiro atoms. The first-order valence-corrected chi connectivity index (χ1v) is 5.64. The maximum Gasteiger partial charge on any atom is 0.141 e. The standard InChI is InChI=1S/C14H12ClNO/c1-10(11-6-8-12(15)9-7-11)16-13-4-2-3-5-14(13)17/h2-9,17H,1H3. The van der Waals surface area contributed by atoms with Gasteiger partial charge in [0.1, 0.15) is 11.4 Å². The fourth-order valence-electron chi connectivity index (χ4n) is 1.50. The second kappa shape index (κ2) is 5.02. The Hall–Kier alpha value is -1.80. The third-order valence-corrected chi connectivity index (χ3v) is 2.68. The van der Waals surface area contributed by atoms with Crippen LogP contribution >= 0.6 is 11.6 Å². The molecule has 0 aliphatic carbocycles. The normalized spacial score (nSPS) is 11.5. The molecule has 0 bridgehead atoms. The minimum atomic E-state index is 0.181. The van der Waals surface area contributed by atoms with Crippen LogP contribution in [0.4, 0.5) is 5.69 Å². The molecule has 2 nitrogen and oxygen atoms in total. The van der Waals surface area contributed by atoms with Gasteiger partial charge in [0, 0.05) is 10.7 Å². The Labute approximate surface area is 105 Å². The molecule has 86 valence electrons. The van der Waals surface area contributed by atoms with Crippen LogP contribution in [0.25, 0.3) is 0 Å². The average molecular weight is 246 g/mol. The maximum atomic E-state index is 9.62. The molecule has 3 heteroatoms. The van der Waals surface area contributed by atoms with Crippen molar-refractivity contribution in [2.24, 2.45) is 4.99 Å². The first-order chi connectivity index (χ1) is 8.16. The number of para-hydroxylation sites is 2. The number of benzene rings is 2. The van der Waals surface area contributed by atoms with Crippen molar-refractivity contribution in [3.8, 4) is 5.75 Å². The number of aromatic hydroxyl groups is 1. The highest BCUT2D eigenvalue weighted by atomic mass is 35.5. The first-order valence-electron chi connectivity index (χ1n) is 5.26. The van der Waals surface area contributed by atoms with Crippen LogP contribution < -0.4 is 0 Å². The highest BCUT2D eigenvalue weighted by Gasteiger charge is 2.00. The van der Waals surface area contributed by atoms with Crippen molar-refractivity contribution in [2.45, 2.75) is 6.92 Å². The van der Waals surface area contributed by atoms with Gasteiger partial charge in [0.05, 0.1) is 0 Å². The van der Waals surface area contributed by atoms with Crippen LogP contribution in [0.2, 0.25) is 5.02 Å². The molecule has 2 aromatic rings. The van der Waals surface area contributed by atoms with Crippen molar-refractivity contribution in [3.05, 3.63) is 59.1 Å². The number of aliphatic imine (C=N–C) groups is 1. The highest BCUT2D eigenvalue weighted by Crippen LogP contribution is 2.25. The average Bonchev–Trinajstić information content (AvgIpc) is 2.33. The SMILES string of the molecule is CC(=Nc1ccccc1O)c1ccc(Cl)cc1. The third-order valence-electron chi connectivity index (χ3n) is 2.43. The largest absolute Gasteiger partial charge is 0.506 e. The maximum absolute atomic E-state index is 9.62. The lowest BCUT2D eigenvalue weighted by Crippen LogP contribution is -1.93. The van der Waals surface area contributed by atoms with Gasteiger partial charge in [-0.3, -0.25) is 0 Å². The van der Waals surface area contributed by atoms with Gasteiger partial charge < -0.3 is 5.11 Å². The van der Waals surface area contributed by atoms with Crippen LogP contribution in [0.5, 0.6) is 5.75 Å². The van der Waals surface area contributed by atoms with Crippen molar-refractivity contribution in [3.63, 3.8) is 0 Å². The minimum Gasteiger partial charge on any atom is -0.506 e. The zero-order chi connectivity index (χ0) is 12.3. The van der Waals surface area contributed by atoms with E-state index in [1.807, 2.05) is 37.3 Å². The van der Waals surface area contributed by atoms with Gasteiger partial charge in [-0.1, -0.05) is 35.9 Å².